The molecule has 2 heterocycles. The highest BCUT2D eigenvalue weighted by molar-refractivity contribution is 14.0. The van der Waals surface area contributed by atoms with E-state index in [1.54, 1.807) is 0 Å². The van der Waals surface area contributed by atoms with Crippen LogP contribution < -0.4 is 10.6 Å². The molecule has 0 spiro atoms. The second-order valence-electron chi connectivity index (χ2n) is 8.36. The Labute approximate surface area is 178 Å². The molecule has 0 aromatic carbocycles. The number of aliphatic imine (C=N–C) groups is 1. The standard InChI is InChI=1S/C20H41N5.HI/c1-6-21-20(23-19-9-12-24(13-10-19)16(2)3)22-14-18(5)25-11-7-8-17(4)15-25;/h16-19H,6-15H2,1-5H3,(H2,21,22,23);1H. The molecule has 0 aromatic rings. The van der Waals surface area contributed by atoms with E-state index in [1.807, 2.05) is 0 Å². The Morgan fingerprint density at radius 2 is 1.77 bits per heavy atom. The van der Waals surface area contributed by atoms with E-state index in [1.165, 1.54) is 51.9 Å². The summed E-state index contributed by atoms with van der Waals surface area (Å²) in [6.45, 7) is 18.1. The third-order valence-electron chi connectivity index (χ3n) is 5.77. The first-order valence-electron chi connectivity index (χ1n) is 10.5. The van der Waals surface area contributed by atoms with Crippen LogP contribution in [0.1, 0.15) is 60.3 Å². The van der Waals surface area contributed by atoms with Gasteiger partial charge in [0, 0.05) is 44.3 Å². The summed E-state index contributed by atoms with van der Waals surface area (Å²) in [5.74, 6) is 1.83. The Kier molecular flexibility index (Phi) is 11.4. The molecule has 2 fully saturated rings. The first-order chi connectivity index (χ1) is 12.0. The summed E-state index contributed by atoms with van der Waals surface area (Å²) < 4.78 is 0. The highest BCUT2D eigenvalue weighted by Crippen LogP contribution is 2.18. The molecule has 2 rings (SSSR count). The van der Waals surface area contributed by atoms with Crippen molar-refractivity contribution in [1.29, 1.82) is 0 Å². The van der Waals surface area contributed by atoms with Gasteiger partial charge in [-0.2, -0.15) is 0 Å². The molecule has 2 atom stereocenters. The van der Waals surface area contributed by atoms with E-state index in [0.717, 1.165) is 25.0 Å². The summed E-state index contributed by atoms with van der Waals surface area (Å²) in [5.41, 5.74) is 0. The molecule has 2 unspecified atom stereocenters. The van der Waals surface area contributed by atoms with Gasteiger partial charge in [-0.05, 0) is 65.8 Å². The number of likely N-dealkylation sites (tertiary alicyclic amines) is 2. The number of nitrogens with zero attached hydrogens (tertiary/aromatic N) is 3. The zero-order valence-electron chi connectivity index (χ0n) is 17.6. The Bertz CT molecular complexity index is 407. The fourth-order valence-electron chi connectivity index (χ4n) is 4.04. The van der Waals surface area contributed by atoms with Crippen LogP contribution in [0, 0.1) is 5.92 Å². The minimum absolute atomic E-state index is 0. The number of hydrogen-bond donors (Lipinski definition) is 2. The maximum absolute atomic E-state index is 4.90. The molecule has 2 N–H and O–H groups in total. The second-order valence-corrected chi connectivity index (χ2v) is 8.36. The van der Waals surface area contributed by atoms with Crippen molar-refractivity contribution in [1.82, 2.24) is 20.4 Å². The lowest BCUT2D eigenvalue weighted by molar-refractivity contribution is 0.142. The molecule has 5 nitrogen and oxygen atoms in total. The predicted molar refractivity (Wildman–Crippen MR) is 124 cm³/mol. The van der Waals surface area contributed by atoms with Crippen LogP contribution in [-0.2, 0) is 0 Å². The average Bonchev–Trinajstić information content (AvgIpc) is 2.60. The van der Waals surface area contributed by atoms with E-state index >= 15 is 0 Å². The SMILES string of the molecule is CCNC(=NCC(C)N1CCCC(C)C1)NC1CCN(C(C)C)CC1.I. The van der Waals surface area contributed by atoms with Crippen molar-refractivity contribution in [3.63, 3.8) is 0 Å². The summed E-state index contributed by atoms with van der Waals surface area (Å²) in [5, 5.41) is 7.11. The molecule has 0 aromatic heterocycles. The van der Waals surface area contributed by atoms with Gasteiger partial charge < -0.3 is 15.5 Å². The Hall–Kier alpha value is -0.0800. The molecule has 0 aliphatic carbocycles. The maximum atomic E-state index is 4.90. The molecule has 0 amide bonds. The molecule has 154 valence electrons. The van der Waals surface area contributed by atoms with Gasteiger partial charge in [-0.15, -0.1) is 24.0 Å². The summed E-state index contributed by atoms with van der Waals surface area (Å²) in [7, 11) is 0. The summed E-state index contributed by atoms with van der Waals surface area (Å²) >= 11 is 0. The maximum Gasteiger partial charge on any atom is 0.191 e. The number of guanidine groups is 1. The monoisotopic (exact) mass is 479 g/mol. The lowest BCUT2D eigenvalue weighted by Crippen LogP contribution is -2.50. The first kappa shape index (κ1) is 24.0. The third kappa shape index (κ3) is 7.89. The zero-order valence-corrected chi connectivity index (χ0v) is 20.0. The fourth-order valence-corrected chi connectivity index (χ4v) is 4.04. The third-order valence-corrected chi connectivity index (χ3v) is 5.77. The minimum atomic E-state index is 0. The summed E-state index contributed by atoms with van der Waals surface area (Å²) in [6, 6.07) is 1.75. The number of nitrogens with one attached hydrogen (secondary N) is 2. The van der Waals surface area contributed by atoms with Crippen LogP contribution in [0.15, 0.2) is 4.99 Å². The number of piperidine rings is 2. The van der Waals surface area contributed by atoms with Crippen LogP contribution in [-0.4, -0.2) is 73.2 Å². The Balaban J connectivity index is 0.00000338. The summed E-state index contributed by atoms with van der Waals surface area (Å²) in [4.78, 5) is 10.1. The van der Waals surface area contributed by atoms with Gasteiger partial charge in [-0.3, -0.25) is 9.89 Å². The fraction of sp³-hybridized carbons (Fsp3) is 0.950. The van der Waals surface area contributed by atoms with Crippen LogP contribution >= 0.6 is 24.0 Å². The normalized spacial score (nSPS) is 25.0. The van der Waals surface area contributed by atoms with Crippen molar-refractivity contribution in [2.75, 3.05) is 39.3 Å². The molecule has 0 saturated carbocycles. The topological polar surface area (TPSA) is 42.9 Å². The van der Waals surface area contributed by atoms with Gasteiger partial charge in [0.2, 0.25) is 0 Å². The van der Waals surface area contributed by atoms with Gasteiger partial charge in [-0.1, -0.05) is 6.92 Å². The number of rotatable bonds is 6. The van der Waals surface area contributed by atoms with E-state index in [-0.39, 0.29) is 24.0 Å². The van der Waals surface area contributed by atoms with Crippen molar-refractivity contribution < 1.29 is 0 Å². The van der Waals surface area contributed by atoms with Gasteiger partial charge in [0.15, 0.2) is 5.96 Å². The van der Waals surface area contributed by atoms with E-state index in [0.29, 0.717) is 18.1 Å². The smallest absolute Gasteiger partial charge is 0.191 e. The lowest BCUT2D eigenvalue weighted by atomic mass is 9.99. The van der Waals surface area contributed by atoms with Crippen molar-refractivity contribution in [2.45, 2.75) is 78.4 Å². The number of halogens is 1. The highest BCUT2D eigenvalue weighted by Gasteiger charge is 2.23. The van der Waals surface area contributed by atoms with Crippen LogP contribution in [0.5, 0.6) is 0 Å². The Morgan fingerprint density at radius 3 is 2.35 bits per heavy atom. The number of hydrogen-bond acceptors (Lipinski definition) is 3. The zero-order chi connectivity index (χ0) is 18.2. The van der Waals surface area contributed by atoms with Crippen LogP contribution in [0.2, 0.25) is 0 Å². The molecular formula is C20H42IN5. The largest absolute Gasteiger partial charge is 0.357 e. The van der Waals surface area contributed by atoms with E-state index in [4.69, 9.17) is 4.99 Å². The highest BCUT2D eigenvalue weighted by atomic mass is 127. The van der Waals surface area contributed by atoms with E-state index in [9.17, 15) is 0 Å². The molecular weight excluding hydrogens is 437 g/mol. The van der Waals surface area contributed by atoms with Crippen LogP contribution in [0.25, 0.3) is 0 Å². The van der Waals surface area contributed by atoms with Gasteiger partial charge in [-0.25, -0.2) is 0 Å². The van der Waals surface area contributed by atoms with Crippen LogP contribution in [0.3, 0.4) is 0 Å². The van der Waals surface area contributed by atoms with Crippen molar-refractivity contribution >= 4 is 29.9 Å². The Morgan fingerprint density at radius 1 is 1.08 bits per heavy atom. The molecule has 2 aliphatic heterocycles. The van der Waals surface area contributed by atoms with Crippen molar-refractivity contribution in [3.05, 3.63) is 0 Å². The van der Waals surface area contributed by atoms with Gasteiger partial charge in [0.1, 0.15) is 0 Å². The second kappa shape index (κ2) is 12.4. The average molecular weight is 479 g/mol. The van der Waals surface area contributed by atoms with E-state index < -0.39 is 0 Å². The van der Waals surface area contributed by atoms with Crippen molar-refractivity contribution in [2.24, 2.45) is 10.9 Å². The molecule has 0 radical (unpaired) electrons. The lowest BCUT2D eigenvalue weighted by Gasteiger charge is -2.36. The van der Waals surface area contributed by atoms with Gasteiger partial charge >= 0.3 is 0 Å². The van der Waals surface area contributed by atoms with Crippen molar-refractivity contribution in [3.8, 4) is 0 Å². The first-order valence-corrected chi connectivity index (χ1v) is 10.5. The quantitative estimate of drug-likeness (QED) is 0.349. The van der Waals surface area contributed by atoms with Gasteiger partial charge in [0.05, 0.1) is 6.54 Å². The van der Waals surface area contributed by atoms with Gasteiger partial charge in [0.25, 0.3) is 0 Å². The molecule has 2 aliphatic rings. The predicted octanol–water partition coefficient (Wildman–Crippen LogP) is 3.15. The molecule has 2 saturated heterocycles. The molecule has 26 heavy (non-hydrogen) atoms. The summed E-state index contributed by atoms with van der Waals surface area (Å²) in [6.07, 6.45) is 5.14. The molecule has 6 heteroatoms. The van der Waals surface area contributed by atoms with E-state index in [2.05, 4.69) is 55.1 Å². The van der Waals surface area contributed by atoms with Crippen LogP contribution in [0.4, 0.5) is 0 Å². The minimum Gasteiger partial charge on any atom is -0.357 e. The molecule has 0 bridgehead atoms.